The molecule has 1 aromatic carbocycles. The van der Waals surface area contributed by atoms with E-state index < -0.39 is 5.97 Å². The minimum atomic E-state index is -1.12. The largest absolute Gasteiger partial charge is 0.475 e. The lowest BCUT2D eigenvalue weighted by Crippen LogP contribution is -2.04. The van der Waals surface area contributed by atoms with Crippen molar-refractivity contribution in [3.8, 4) is 5.69 Å². The Morgan fingerprint density at radius 1 is 1.50 bits per heavy atom. The van der Waals surface area contributed by atoms with Gasteiger partial charge in [0.05, 0.1) is 5.69 Å². The number of carboxylic acid groups (broad SMARTS) is 1. The van der Waals surface area contributed by atoms with Gasteiger partial charge in [0.2, 0.25) is 0 Å². The van der Waals surface area contributed by atoms with Gasteiger partial charge in [-0.25, -0.2) is 14.5 Å². The van der Waals surface area contributed by atoms with Crippen LogP contribution in [0.4, 0.5) is 0 Å². The van der Waals surface area contributed by atoms with E-state index in [-0.39, 0.29) is 5.82 Å². The molecular formula is C12H12BrN3O2. The molecule has 0 aliphatic carbocycles. The monoisotopic (exact) mass is 309 g/mol. The summed E-state index contributed by atoms with van der Waals surface area (Å²) in [5.74, 6) is -0.675. The predicted molar refractivity (Wildman–Crippen MR) is 70.1 cm³/mol. The summed E-state index contributed by atoms with van der Waals surface area (Å²) in [4.78, 5) is 14.9. The molecule has 0 saturated carbocycles. The molecule has 0 amide bonds. The molecule has 1 heterocycles. The van der Waals surface area contributed by atoms with Crippen molar-refractivity contribution in [3.05, 3.63) is 39.9 Å². The van der Waals surface area contributed by atoms with Gasteiger partial charge in [-0.15, -0.1) is 5.10 Å². The molecular weight excluding hydrogens is 298 g/mol. The smallest absolute Gasteiger partial charge is 0.375 e. The topological polar surface area (TPSA) is 68.0 Å². The van der Waals surface area contributed by atoms with Crippen LogP contribution in [0.2, 0.25) is 0 Å². The normalized spacial score (nSPS) is 10.6. The highest BCUT2D eigenvalue weighted by Gasteiger charge is 2.16. The van der Waals surface area contributed by atoms with Crippen molar-refractivity contribution in [3.63, 3.8) is 0 Å². The van der Waals surface area contributed by atoms with E-state index in [2.05, 4.69) is 26.0 Å². The summed E-state index contributed by atoms with van der Waals surface area (Å²) in [6.45, 7) is 3.88. The van der Waals surface area contributed by atoms with E-state index in [1.54, 1.807) is 4.68 Å². The van der Waals surface area contributed by atoms with Gasteiger partial charge in [0.25, 0.3) is 5.82 Å². The molecule has 0 aliphatic rings. The van der Waals surface area contributed by atoms with Crippen LogP contribution in [0.15, 0.2) is 22.7 Å². The zero-order chi connectivity index (χ0) is 13.3. The molecule has 2 rings (SSSR count). The van der Waals surface area contributed by atoms with Crippen LogP contribution in [0.25, 0.3) is 5.69 Å². The number of carbonyl (C=O) groups is 1. The molecule has 94 valence electrons. The van der Waals surface area contributed by atoms with E-state index in [1.165, 1.54) is 0 Å². The molecule has 1 aromatic heterocycles. The number of aromatic nitrogens is 3. The standard InChI is InChI=1S/C12H12BrN3O2/c1-3-10-14-11(12(17)18)15-16(10)9-6-7(2)4-5-8(9)13/h4-6H,3H2,1-2H3,(H,17,18). The average molecular weight is 310 g/mol. The molecule has 0 unspecified atom stereocenters. The summed E-state index contributed by atoms with van der Waals surface area (Å²) in [6, 6.07) is 5.81. The maximum absolute atomic E-state index is 10.9. The third kappa shape index (κ3) is 2.28. The molecule has 0 spiro atoms. The fourth-order valence-corrected chi connectivity index (χ4v) is 2.06. The number of aryl methyl sites for hydroxylation is 2. The minimum absolute atomic E-state index is 0.180. The molecule has 0 bridgehead atoms. The van der Waals surface area contributed by atoms with Gasteiger partial charge in [0.15, 0.2) is 0 Å². The number of aromatic carboxylic acids is 1. The summed E-state index contributed by atoms with van der Waals surface area (Å²) in [6.07, 6.45) is 0.612. The summed E-state index contributed by atoms with van der Waals surface area (Å²) < 4.78 is 2.42. The molecule has 0 fully saturated rings. The van der Waals surface area contributed by atoms with Crippen molar-refractivity contribution in [1.82, 2.24) is 14.8 Å². The van der Waals surface area contributed by atoms with Crippen LogP contribution in [0.3, 0.4) is 0 Å². The number of hydrogen-bond donors (Lipinski definition) is 1. The van der Waals surface area contributed by atoms with E-state index in [0.29, 0.717) is 12.2 Å². The zero-order valence-corrected chi connectivity index (χ0v) is 11.6. The van der Waals surface area contributed by atoms with E-state index in [4.69, 9.17) is 5.11 Å². The van der Waals surface area contributed by atoms with Crippen LogP contribution < -0.4 is 0 Å². The van der Waals surface area contributed by atoms with Gasteiger partial charge in [0.1, 0.15) is 5.82 Å². The Hall–Kier alpha value is -1.69. The fraction of sp³-hybridized carbons (Fsp3) is 0.250. The average Bonchev–Trinajstić information content (AvgIpc) is 2.76. The quantitative estimate of drug-likeness (QED) is 0.946. The van der Waals surface area contributed by atoms with E-state index >= 15 is 0 Å². The predicted octanol–water partition coefficient (Wildman–Crippen LogP) is 2.60. The van der Waals surface area contributed by atoms with Gasteiger partial charge in [-0.05, 0) is 40.5 Å². The number of benzene rings is 1. The van der Waals surface area contributed by atoms with E-state index in [1.807, 2.05) is 32.0 Å². The van der Waals surface area contributed by atoms with Gasteiger partial charge < -0.3 is 5.11 Å². The molecule has 5 nitrogen and oxygen atoms in total. The molecule has 0 aliphatic heterocycles. The first kappa shape index (κ1) is 12.8. The zero-order valence-electron chi connectivity index (χ0n) is 10.0. The van der Waals surface area contributed by atoms with Crippen LogP contribution in [-0.4, -0.2) is 25.8 Å². The van der Waals surface area contributed by atoms with Gasteiger partial charge >= 0.3 is 5.97 Å². The summed E-state index contributed by atoms with van der Waals surface area (Å²) >= 11 is 3.44. The Labute approximate surface area is 113 Å². The summed E-state index contributed by atoms with van der Waals surface area (Å²) in [5, 5.41) is 13.0. The molecule has 0 atom stereocenters. The maximum atomic E-state index is 10.9. The maximum Gasteiger partial charge on any atom is 0.375 e. The van der Waals surface area contributed by atoms with Gasteiger partial charge in [-0.1, -0.05) is 13.0 Å². The highest BCUT2D eigenvalue weighted by Crippen LogP contribution is 2.23. The highest BCUT2D eigenvalue weighted by molar-refractivity contribution is 9.10. The van der Waals surface area contributed by atoms with Gasteiger partial charge in [0, 0.05) is 10.9 Å². The van der Waals surface area contributed by atoms with Crippen LogP contribution in [0.5, 0.6) is 0 Å². The third-order valence-electron chi connectivity index (χ3n) is 2.51. The first-order chi connectivity index (χ1) is 8.52. The number of carboxylic acids is 1. The molecule has 0 radical (unpaired) electrons. The number of halogens is 1. The van der Waals surface area contributed by atoms with Crippen molar-refractivity contribution in [2.75, 3.05) is 0 Å². The minimum Gasteiger partial charge on any atom is -0.475 e. The Bertz CT molecular complexity index is 607. The first-order valence-electron chi connectivity index (χ1n) is 5.48. The lowest BCUT2D eigenvalue weighted by molar-refractivity contribution is 0.0683. The van der Waals surface area contributed by atoms with Crippen molar-refractivity contribution in [2.24, 2.45) is 0 Å². The summed E-state index contributed by atoms with van der Waals surface area (Å²) in [7, 11) is 0. The molecule has 0 saturated heterocycles. The molecule has 6 heteroatoms. The second kappa shape index (κ2) is 4.89. The van der Waals surface area contributed by atoms with Gasteiger partial charge in [-0.2, -0.15) is 0 Å². The lowest BCUT2D eigenvalue weighted by atomic mass is 10.2. The van der Waals surface area contributed by atoms with Crippen LogP contribution in [0, 0.1) is 6.92 Å². The fourth-order valence-electron chi connectivity index (χ4n) is 1.64. The number of rotatable bonds is 3. The Morgan fingerprint density at radius 2 is 2.22 bits per heavy atom. The van der Waals surface area contributed by atoms with Crippen LogP contribution >= 0.6 is 15.9 Å². The number of nitrogens with zero attached hydrogens (tertiary/aromatic N) is 3. The van der Waals surface area contributed by atoms with Crippen LogP contribution in [-0.2, 0) is 6.42 Å². The second-order valence-electron chi connectivity index (χ2n) is 3.88. The second-order valence-corrected chi connectivity index (χ2v) is 4.73. The molecule has 2 aromatic rings. The Balaban J connectivity index is 2.62. The Kier molecular flexibility index (Phi) is 3.47. The van der Waals surface area contributed by atoms with E-state index in [9.17, 15) is 4.79 Å². The van der Waals surface area contributed by atoms with Crippen molar-refractivity contribution in [2.45, 2.75) is 20.3 Å². The van der Waals surface area contributed by atoms with Gasteiger partial charge in [-0.3, -0.25) is 0 Å². The SMILES string of the molecule is CCc1nc(C(=O)O)nn1-c1cc(C)ccc1Br. The van der Waals surface area contributed by atoms with Crippen LogP contribution in [0.1, 0.15) is 28.9 Å². The number of hydrogen-bond acceptors (Lipinski definition) is 3. The summed E-state index contributed by atoms with van der Waals surface area (Å²) in [5.41, 5.74) is 1.87. The third-order valence-corrected chi connectivity index (χ3v) is 3.18. The van der Waals surface area contributed by atoms with Crippen molar-refractivity contribution < 1.29 is 9.90 Å². The lowest BCUT2D eigenvalue weighted by Gasteiger charge is -2.07. The van der Waals surface area contributed by atoms with Crippen molar-refractivity contribution in [1.29, 1.82) is 0 Å². The first-order valence-corrected chi connectivity index (χ1v) is 6.28. The highest BCUT2D eigenvalue weighted by atomic mass is 79.9. The Morgan fingerprint density at radius 3 is 2.83 bits per heavy atom. The molecule has 1 N–H and O–H groups in total. The van der Waals surface area contributed by atoms with Crippen molar-refractivity contribution >= 4 is 21.9 Å². The van der Waals surface area contributed by atoms with E-state index in [0.717, 1.165) is 15.7 Å². The molecule has 18 heavy (non-hydrogen) atoms.